The van der Waals surface area contributed by atoms with Gasteiger partial charge in [-0.1, -0.05) is 54.1 Å². The number of piperidine rings is 1. The number of nitrogens with zero attached hydrogens (tertiary/aromatic N) is 15. The standard InChI is InChI=1S/C7H14N2.C7H8.C6H12N2.3C6H7N.2C5H11N3.C5H10N2.C5H9N.C5H6O.2C5H6S.C4H9N3.C4H10N2.C4H5NS.C3H8N2.C3H5NO.C2H6N2/c1-7(8)9-5-3-2-4-6-9;1-7-5-3-2-4-6-7;1-6(7)8-4-2-3-5-8;1-6-2-4-7-5-3-6;1-6-3-2-4-7-5-6;1-6-4-2-3-5-7-6;2*1-2-6-5-7-3-4-8-5;1-5-6-3-4-7(5)2;2*1-5-3-2-4-6-5;1-5-2-3-6-4-5;1-5-3-2-4-6-5;1-5-4-6-2-3-7-4;1-4(5)6(2)3;1-4-5-2-3-6-4;1-3(4)5-2;1-2-5-3-4-1;1-2(3)4/h8H,2-6H2,1H3;2-6H,1H3;7H,2-5H2,1H3;3*2-5H,1H3;2*2-4H2,1H3,(H2,6,7,8);3-4H2,1-2H3;2-4H2,1H3;3*2-4H,1H3;2-3H2,1H3,(H2,5,6,7);5H,1-3H3;2-3H,1H3;1-2H3,(H2,4,5);3H,1-2H2;1H3,(H3,3,4). The predicted molar refractivity (Wildman–Crippen MR) is 542 cm³/mol. The van der Waals surface area contributed by atoms with Crippen LogP contribution in [0.15, 0.2) is 207 Å². The first kappa shape index (κ1) is 118. The van der Waals surface area contributed by atoms with Crippen molar-refractivity contribution in [2.75, 3.05) is 147 Å². The Morgan fingerprint density at radius 2 is 1.10 bits per heavy atom. The van der Waals surface area contributed by atoms with E-state index < -0.39 is 0 Å². The van der Waals surface area contributed by atoms with E-state index >= 15 is 0 Å². The Labute approximate surface area is 763 Å². The highest BCUT2D eigenvalue weighted by atomic mass is 32.1. The number of rotatable bonds is 2. The normalized spacial score (nSPS) is 13.5. The average Bonchev–Trinajstić information content (AvgIpc) is 1.88. The Kier molecular flexibility index (Phi) is 78.9. The number of pyridine rings is 3. The van der Waals surface area contributed by atoms with Gasteiger partial charge in [-0.15, -0.1) is 22.7 Å². The lowest BCUT2D eigenvalue weighted by molar-refractivity contribution is 0.339. The Bertz CT molecular complexity index is 3680. The summed E-state index contributed by atoms with van der Waals surface area (Å²) in [6.07, 6.45) is 22.9. The number of thiophene rings is 2. The maximum Gasteiger partial charge on any atom is 0.191 e. The number of hydrogen-bond acceptors (Lipinski definition) is 25. The lowest BCUT2D eigenvalue weighted by atomic mass is 10.1. The molecule has 16 rings (SSSR count). The van der Waals surface area contributed by atoms with Crippen molar-refractivity contribution in [3.05, 3.63) is 212 Å². The highest BCUT2D eigenvalue weighted by molar-refractivity contribution is 7.10. The number of amidine groups is 6. The number of nitrogens with one attached hydrogen (secondary N) is 10. The van der Waals surface area contributed by atoms with Crippen LogP contribution in [0.5, 0.6) is 0 Å². The van der Waals surface area contributed by atoms with Crippen LogP contribution < -0.4 is 43.4 Å². The molecule has 8 aliphatic heterocycles. The molecule has 0 spiro atoms. The number of guanidine groups is 3. The number of hydrogen-bond donors (Lipinski definition) is 12. The largest absolute Gasteiger partial charge is 0.482 e. The Morgan fingerprint density at radius 1 is 0.536 bits per heavy atom. The summed E-state index contributed by atoms with van der Waals surface area (Å²) in [7, 11) is 9.19. The fraction of sp³-hybridized carbons (Fsp3) is 0.495. The van der Waals surface area contributed by atoms with Gasteiger partial charge < -0.3 is 72.1 Å². The van der Waals surface area contributed by atoms with E-state index in [-0.39, 0.29) is 5.84 Å². The molecule has 0 aliphatic carbocycles. The third kappa shape index (κ3) is 83.4. The fourth-order valence-corrected chi connectivity index (χ4v) is 10.7. The van der Waals surface area contributed by atoms with Gasteiger partial charge in [-0.25, -0.2) is 0 Å². The molecule has 3 saturated heterocycles. The Morgan fingerprint density at radius 3 is 1.30 bits per heavy atom. The van der Waals surface area contributed by atoms with Crippen molar-refractivity contribution in [1.82, 2.24) is 71.4 Å². The zero-order valence-corrected chi connectivity index (χ0v) is 82.1. The first-order valence-electron chi connectivity index (χ1n) is 42.5. The molecule has 125 heavy (non-hydrogen) atoms. The second-order valence-corrected chi connectivity index (χ2v) is 31.2. The summed E-state index contributed by atoms with van der Waals surface area (Å²) in [5.41, 5.74) is 17.3. The van der Waals surface area contributed by atoms with Crippen molar-refractivity contribution in [1.29, 1.82) is 21.6 Å². The number of aryl methyl sites for hydroxylation is 8. The maximum atomic E-state index is 7.31. The Balaban J connectivity index is -0.00000126. The number of thiazole rings is 1. The number of furan rings is 1. The van der Waals surface area contributed by atoms with Gasteiger partial charge in [0.05, 0.1) is 72.5 Å². The van der Waals surface area contributed by atoms with Gasteiger partial charge in [-0.05, 0) is 250 Å². The quantitative estimate of drug-likeness (QED) is 0.0565. The third-order valence-corrected chi connectivity index (χ3v) is 18.6. The van der Waals surface area contributed by atoms with E-state index in [0.717, 1.165) is 157 Å². The second kappa shape index (κ2) is 83.6. The topological polar surface area (TPSA) is 393 Å². The summed E-state index contributed by atoms with van der Waals surface area (Å²) < 4.78 is 9.49. The number of nitrogens with two attached hydrogens (primary N) is 2. The van der Waals surface area contributed by atoms with Crippen LogP contribution in [0.4, 0.5) is 0 Å². The number of aliphatic imine (C=N–C) groups is 7. The van der Waals surface area contributed by atoms with E-state index in [1.54, 1.807) is 104 Å². The lowest BCUT2D eigenvalue weighted by Gasteiger charge is -2.27. The molecule has 29 nitrogen and oxygen atoms in total. The molecular formula is C93H157N27O2S3. The summed E-state index contributed by atoms with van der Waals surface area (Å²) >= 11 is 5.18. The summed E-state index contributed by atoms with van der Waals surface area (Å²) in [5, 5.41) is 55.5. The molecule has 8 aliphatic rings. The minimum Gasteiger partial charge on any atom is -0.482 e. The van der Waals surface area contributed by atoms with Crippen molar-refractivity contribution in [3.8, 4) is 0 Å². The van der Waals surface area contributed by atoms with E-state index in [0.29, 0.717) is 11.7 Å². The first-order chi connectivity index (χ1) is 59.9. The molecule has 32 heteroatoms. The molecular weight excluding hydrogens is 1620 g/mol. The molecule has 14 N–H and O–H groups in total. The van der Waals surface area contributed by atoms with E-state index in [4.69, 9.17) is 37.5 Å². The minimum atomic E-state index is 0.167. The van der Waals surface area contributed by atoms with Crippen LogP contribution in [0.1, 0.15) is 151 Å². The molecule has 3 fully saturated rings. The van der Waals surface area contributed by atoms with Gasteiger partial charge >= 0.3 is 0 Å². The van der Waals surface area contributed by atoms with Gasteiger partial charge in [0.25, 0.3) is 0 Å². The third-order valence-electron chi connectivity index (χ3n) is 16.3. The van der Waals surface area contributed by atoms with Crippen LogP contribution in [0.3, 0.4) is 0 Å². The Hall–Kier alpha value is -11.3. The van der Waals surface area contributed by atoms with Gasteiger partial charge in [0, 0.05) is 173 Å². The smallest absolute Gasteiger partial charge is 0.191 e. The SMILES string of the molecule is C1=NCCO1.CC(=N)N.CC(=N)N(C)C.CC(=N)N1CCCC1.CC(=N)N1CCCCC1.CC1=NCCC1.CC1=NCCN1C.CCNC1=NCCN1.CCNC1=NCCN1.CN=C(C)N.CN=C1NCCN1.Cc1ccccc1.Cc1ccccn1.Cc1cccnc1.Cc1ccco1.Cc1cccs1.Cc1ccncc1.Cc1ccsc1.Cc1nccs1. The number of likely N-dealkylation sites (N-methyl/N-ethyl adjacent to an activating group) is 1. The van der Waals surface area contributed by atoms with Crippen molar-refractivity contribution in [2.45, 2.75) is 163 Å². The van der Waals surface area contributed by atoms with E-state index in [2.05, 4.69) is 201 Å². The van der Waals surface area contributed by atoms with Crippen LogP contribution >= 0.6 is 34.0 Å². The highest BCUT2D eigenvalue weighted by Crippen LogP contribution is 2.09. The zero-order valence-electron chi connectivity index (χ0n) is 79.6. The lowest BCUT2D eigenvalue weighted by Crippen LogP contribution is -2.33. The van der Waals surface area contributed by atoms with Gasteiger partial charge in [0.2, 0.25) is 0 Å². The summed E-state index contributed by atoms with van der Waals surface area (Å²) in [6, 6.07) is 34.1. The maximum absolute atomic E-state index is 7.31. The predicted octanol–water partition coefficient (Wildman–Crippen LogP) is 16.3. The number of ether oxygens (including phenoxy) is 1. The van der Waals surface area contributed by atoms with Crippen molar-refractivity contribution < 1.29 is 9.15 Å². The molecule has 0 unspecified atom stereocenters. The first-order valence-corrected chi connectivity index (χ1v) is 45.2. The minimum absolute atomic E-state index is 0.167. The van der Waals surface area contributed by atoms with Crippen molar-refractivity contribution in [2.24, 2.45) is 46.4 Å². The second-order valence-electron chi connectivity index (χ2n) is 28.2. The monoisotopic (exact) mass is 1780 g/mol. The van der Waals surface area contributed by atoms with Crippen LogP contribution in [0.25, 0.3) is 0 Å². The summed E-state index contributed by atoms with van der Waals surface area (Å²) in [6.45, 7) is 50.2. The molecule has 8 aromatic rings. The van der Waals surface area contributed by atoms with Gasteiger partial charge in [0.15, 0.2) is 24.3 Å². The van der Waals surface area contributed by atoms with E-state index in [1.165, 1.54) is 96.9 Å². The number of benzene rings is 1. The summed E-state index contributed by atoms with van der Waals surface area (Å²) in [4.78, 5) is 52.9. The highest BCUT2D eigenvalue weighted by Gasteiger charge is 2.11. The molecule has 0 bridgehead atoms. The van der Waals surface area contributed by atoms with Crippen LogP contribution in [0.2, 0.25) is 0 Å². The van der Waals surface area contributed by atoms with Gasteiger partial charge in [0.1, 0.15) is 12.4 Å². The van der Waals surface area contributed by atoms with E-state index in [9.17, 15) is 0 Å². The molecule has 1 aromatic carbocycles. The summed E-state index contributed by atoms with van der Waals surface area (Å²) in [5.74, 6) is 7.80. The van der Waals surface area contributed by atoms with Gasteiger partial charge in [-0.3, -0.25) is 76.5 Å². The molecule has 0 amide bonds. The average molecular weight is 1780 g/mol. The molecule has 7 aromatic heterocycles. The van der Waals surface area contributed by atoms with E-state index in [1.807, 2.05) is 154 Å². The molecule has 0 saturated carbocycles. The molecule has 0 radical (unpaired) electrons. The molecule has 694 valence electrons. The van der Waals surface area contributed by atoms with Crippen molar-refractivity contribution >= 4 is 99.0 Å². The van der Waals surface area contributed by atoms with Gasteiger partial charge in [-0.2, -0.15) is 11.3 Å². The van der Waals surface area contributed by atoms with Crippen LogP contribution in [-0.2, 0) is 4.74 Å². The zero-order chi connectivity index (χ0) is 93.7. The number of likely N-dealkylation sites (tertiary alicyclic amines) is 2. The van der Waals surface area contributed by atoms with Crippen molar-refractivity contribution in [3.63, 3.8) is 0 Å². The van der Waals surface area contributed by atoms with Crippen LogP contribution in [0, 0.1) is 77.0 Å². The number of aromatic nitrogens is 4. The molecule has 0 atom stereocenters. The molecule has 15 heterocycles. The fourth-order valence-electron chi connectivity index (χ4n) is 9.03. The van der Waals surface area contributed by atoms with Crippen LogP contribution in [-0.4, -0.2) is 251 Å².